The van der Waals surface area contributed by atoms with Crippen molar-refractivity contribution in [1.29, 1.82) is 5.26 Å². The van der Waals surface area contributed by atoms with E-state index in [0.29, 0.717) is 23.4 Å². The summed E-state index contributed by atoms with van der Waals surface area (Å²) in [4.78, 5) is 16.8. The molecule has 0 saturated carbocycles. The van der Waals surface area contributed by atoms with Crippen molar-refractivity contribution in [1.82, 2.24) is 19.2 Å². The highest BCUT2D eigenvalue weighted by atomic mass is 19.4. The smallest absolute Gasteiger partial charge is 0.349 e. The molecule has 3 aromatic heterocycles. The molecule has 39 heavy (non-hydrogen) atoms. The van der Waals surface area contributed by atoms with Gasteiger partial charge in [-0.15, -0.1) is 5.10 Å². The number of epoxide rings is 1. The van der Waals surface area contributed by atoms with Crippen LogP contribution < -0.4 is 5.69 Å². The summed E-state index contributed by atoms with van der Waals surface area (Å²) in [6.07, 6.45) is -1.81. The number of rotatable bonds is 5. The van der Waals surface area contributed by atoms with E-state index in [0.717, 1.165) is 40.1 Å². The molecular formula is C29H20F3N5O2. The van der Waals surface area contributed by atoms with Crippen molar-refractivity contribution in [2.24, 2.45) is 0 Å². The molecule has 0 radical (unpaired) electrons. The Morgan fingerprint density at radius 1 is 1.03 bits per heavy atom. The second-order valence-corrected chi connectivity index (χ2v) is 9.46. The van der Waals surface area contributed by atoms with Crippen LogP contribution in [0.3, 0.4) is 0 Å². The molecular weight excluding hydrogens is 507 g/mol. The van der Waals surface area contributed by atoms with Gasteiger partial charge in [-0.05, 0) is 41.3 Å². The van der Waals surface area contributed by atoms with Crippen LogP contribution in [0, 0.1) is 18.3 Å². The van der Waals surface area contributed by atoms with Crippen LogP contribution in [0.4, 0.5) is 13.2 Å². The zero-order valence-corrected chi connectivity index (χ0v) is 20.6. The minimum Gasteiger partial charge on any atom is -0.349 e. The molecule has 6 rings (SSSR count). The Bertz CT molecular complexity index is 1790. The second-order valence-electron chi connectivity index (χ2n) is 9.46. The monoisotopic (exact) mass is 527 g/mol. The number of nitriles is 1. The normalized spacial score (nSPS) is 16.8. The van der Waals surface area contributed by atoms with Crippen LogP contribution in [-0.2, 0) is 23.1 Å². The minimum atomic E-state index is -4.55. The number of aromatic nitrogens is 4. The lowest BCUT2D eigenvalue weighted by Gasteiger charge is -2.13. The molecule has 0 N–H and O–H groups in total. The van der Waals surface area contributed by atoms with E-state index in [1.165, 1.54) is 15.1 Å². The largest absolute Gasteiger partial charge is 0.433 e. The summed E-state index contributed by atoms with van der Waals surface area (Å²) in [5, 5.41) is 14.1. The third-order valence-electron chi connectivity index (χ3n) is 6.82. The van der Waals surface area contributed by atoms with E-state index in [1.807, 2.05) is 61.5 Å². The van der Waals surface area contributed by atoms with Crippen LogP contribution in [0.15, 0.2) is 83.9 Å². The highest BCUT2D eigenvalue weighted by Gasteiger charge is 2.47. The van der Waals surface area contributed by atoms with Gasteiger partial charge >= 0.3 is 11.9 Å². The van der Waals surface area contributed by atoms with Crippen LogP contribution in [0.2, 0.25) is 0 Å². The minimum absolute atomic E-state index is 0.0497. The zero-order valence-electron chi connectivity index (χ0n) is 20.6. The van der Waals surface area contributed by atoms with Crippen molar-refractivity contribution < 1.29 is 17.9 Å². The number of hydrogen-bond donors (Lipinski definition) is 0. The molecule has 1 aliphatic heterocycles. The first-order chi connectivity index (χ1) is 18.7. The van der Waals surface area contributed by atoms with E-state index in [1.54, 1.807) is 6.20 Å². The van der Waals surface area contributed by atoms with Gasteiger partial charge in [-0.1, -0.05) is 60.2 Å². The Balaban J connectivity index is 1.48. The fourth-order valence-corrected chi connectivity index (χ4v) is 4.57. The molecule has 0 spiro atoms. The molecule has 0 amide bonds. The standard InChI is InChI=1S/C29H20F3N5O2/c1-18-2-5-20(6-3-18)23-12-13-36-26(25(23)21-7-9-22(10-8-21)28(16-33)17-39-28)35-37(27(36)38)15-19-4-11-24(34-14-19)29(30,31)32/h2-14H,15,17H2,1H3. The highest BCUT2D eigenvalue weighted by Crippen LogP contribution is 2.40. The fourth-order valence-electron chi connectivity index (χ4n) is 4.57. The lowest BCUT2D eigenvalue weighted by molar-refractivity contribution is -0.141. The molecule has 4 heterocycles. The summed E-state index contributed by atoms with van der Waals surface area (Å²) >= 11 is 0. The number of halogens is 3. The Hall–Kier alpha value is -4.75. The maximum absolute atomic E-state index is 13.3. The van der Waals surface area contributed by atoms with E-state index in [-0.39, 0.29) is 6.54 Å². The maximum atomic E-state index is 13.3. The van der Waals surface area contributed by atoms with Gasteiger partial charge in [0.25, 0.3) is 0 Å². The van der Waals surface area contributed by atoms with Crippen LogP contribution in [0.25, 0.3) is 27.9 Å². The number of benzene rings is 2. The Morgan fingerprint density at radius 3 is 2.31 bits per heavy atom. The number of pyridine rings is 2. The fraction of sp³-hybridized carbons (Fsp3) is 0.172. The molecule has 7 nitrogen and oxygen atoms in total. The van der Waals surface area contributed by atoms with E-state index < -0.39 is 23.2 Å². The molecule has 1 saturated heterocycles. The second kappa shape index (κ2) is 8.92. The number of nitrogens with zero attached hydrogens (tertiary/aromatic N) is 5. The van der Waals surface area contributed by atoms with E-state index in [9.17, 15) is 23.2 Å². The first-order valence-electron chi connectivity index (χ1n) is 12.1. The Kier molecular flexibility index (Phi) is 5.62. The highest BCUT2D eigenvalue weighted by molar-refractivity contribution is 5.91. The van der Waals surface area contributed by atoms with Crippen molar-refractivity contribution in [2.45, 2.75) is 25.2 Å². The average Bonchev–Trinajstić information content (AvgIpc) is 3.68. The van der Waals surface area contributed by atoms with E-state index in [4.69, 9.17) is 4.74 Å². The van der Waals surface area contributed by atoms with Crippen molar-refractivity contribution in [3.05, 3.63) is 112 Å². The molecule has 0 aliphatic carbocycles. The van der Waals surface area contributed by atoms with Gasteiger partial charge in [0.1, 0.15) is 11.8 Å². The summed E-state index contributed by atoms with van der Waals surface area (Å²) in [5.41, 5.74) is 3.55. The number of hydrogen-bond acceptors (Lipinski definition) is 5. The lowest BCUT2D eigenvalue weighted by atomic mass is 9.93. The molecule has 1 fully saturated rings. The van der Waals surface area contributed by atoms with Gasteiger partial charge in [0, 0.05) is 23.5 Å². The van der Waals surface area contributed by atoms with Crippen molar-refractivity contribution in [3.63, 3.8) is 0 Å². The van der Waals surface area contributed by atoms with E-state index in [2.05, 4.69) is 16.2 Å². The van der Waals surface area contributed by atoms with Gasteiger partial charge in [-0.25, -0.2) is 13.9 Å². The van der Waals surface area contributed by atoms with Crippen LogP contribution in [-0.4, -0.2) is 25.8 Å². The van der Waals surface area contributed by atoms with Gasteiger partial charge in [0.2, 0.25) is 5.60 Å². The van der Waals surface area contributed by atoms with Crippen molar-refractivity contribution in [3.8, 4) is 28.3 Å². The first kappa shape index (κ1) is 24.6. The Morgan fingerprint density at radius 2 is 1.72 bits per heavy atom. The molecule has 1 atom stereocenters. The topological polar surface area (TPSA) is 88.5 Å². The van der Waals surface area contributed by atoms with Gasteiger partial charge in [-0.2, -0.15) is 18.4 Å². The number of alkyl halides is 3. The third kappa shape index (κ3) is 4.36. The SMILES string of the molecule is Cc1ccc(-c2ccn3c(=O)n(Cc4ccc(C(F)(F)F)nc4)nc3c2-c2ccc(C3(C#N)CO3)cc2)cc1. The van der Waals surface area contributed by atoms with Gasteiger partial charge in [0.15, 0.2) is 5.65 Å². The van der Waals surface area contributed by atoms with Crippen molar-refractivity contribution >= 4 is 5.65 Å². The third-order valence-corrected chi connectivity index (χ3v) is 6.82. The van der Waals surface area contributed by atoms with Crippen LogP contribution in [0.5, 0.6) is 0 Å². The van der Waals surface area contributed by atoms with Gasteiger partial charge < -0.3 is 4.74 Å². The lowest BCUT2D eigenvalue weighted by Crippen LogP contribution is -2.21. The zero-order chi connectivity index (χ0) is 27.4. The summed E-state index contributed by atoms with van der Waals surface area (Å²) in [7, 11) is 0. The van der Waals surface area contributed by atoms with Gasteiger partial charge in [0.05, 0.1) is 13.2 Å². The summed E-state index contributed by atoms with van der Waals surface area (Å²) in [6, 6.07) is 21.6. The van der Waals surface area contributed by atoms with Crippen LogP contribution >= 0.6 is 0 Å². The Labute approximate surface area is 220 Å². The van der Waals surface area contributed by atoms with Crippen LogP contribution in [0.1, 0.15) is 22.4 Å². The predicted molar refractivity (Wildman–Crippen MR) is 137 cm³/mol. The number of fused-ring (bicyclic) bond motifs is 1. The molecule has 10 heteroatoms. The predicted octanol–water partition coefficient (Wildman–Crippen LogP) is 5.35. The molecule has 1 unspecified atom stereocenters. The summed E-state index contributed by atoms with van der Waals surface area (Å²) < 4.78 is 46.7. The molecule has 0 bridgehead atoms. The van der Waals surface area contributed by atoms with Gasteiger partial charge in [-0.3, -0.25) is 4.98 Å². The number of aryl methyl sites for hydroxylation is 1. The molecule has 2 aromatic carbocycles. The first-order valence-corrected chi connectivity index (χ1v) is 12.1. The molecule has 1 aliphatic rings. The summed E-state index contributed by atoms with van der Waals surface area (Å²) in [5.74, 6) is 0. The quantitative estimate of drug-likeness (QED) is 0.288. The maximum Gasteiger partial charge on any atom is 0.433 e. The number of ether oxygens (including phenoxy) is 1. The molecule has 5 aromatic rings. The summed E-state index contributed by atoms with van der Waals surface area (Å²) in [6.45, 7) is 2.28. The van der Waals surface area contributed by atoms with Crippen molar-refractivity contribution in [2.75, 3.05) is 6.61 Å². The molecule has 194 valence electrons. The van der Waals surface area contributed by atoms with E-state index >= 15 is 0 Å². The average molecular weight is 528 g/mol.